The standard InChI is InChI=1S/C19H22N2O3/c1-2-23-14-8-10-24-19(11-14)12-21(13-19)18(22)16-7-9-20-17-6-4-3-5-15(16)17/h3-7,9,14H,2,8,10-13H2,1H3/t14-/m0/s1. The van der Waals surface area contributed by atoms with Gasteiger partial charge in [0.15, 0.2) is 0 Å². The highest BCUT2D eigenvalue weighted by molar-refractivity contribution is 6.06. The molecule has 1 amide bonds. The molecular weight excluding hydrogens is 304 g/mol. The van der Waals surface area contributed by atoms with Gasteiger partial charge in [-0.25, -0.2) is 0 Å². The van der Waals surface area contributed by atoms with E-state index in [2.05, 4.69) is 4.98 Å². The van der Waals surface area contributed by atoms with Crippen molar-refractivity contribution >= 4 is 16.8 Å². The number of hydrogen-bond acceptors (Lipinski definition) is 4. The fourth-order valence-electron chi connectivity index (χ4n) is 3.83. The summed E-state index contributed by atoms with van der Waals surface area (Å²) in [5.41, 5.74) is 1.35. The summed E-state index contributed by atoms with van der Waals surface area (Å²) < 4.78 is 11.8. The molecule has 0 bridgehead atoms. The number of benzene rings is 1. The lowest BCUT2D eigenvalue weighted by molar-refractivity contribution is -0.185. The van der Waals surface area contributed by atoms with Gasteiger partial charge in [-0.15, -0.1) is 0 Å². The maximum atomic E-state index is 12.9. The molecule has 5 nitrogen and oxygen atoms in total. The lowest BCUT2D eigenvalue weighted by Gasteiger charge is -2.53. The molecule has 126 valence electrons. The molecule has 4 rings (SSSR count). The summed E-state index contributed by atoms with van der Waals surface area (Å²) in [6.07, 6.45) is 3.77. The molecule has 1 aromatic heterocycles. The van der Waals surface area contributed by atoms with Gasteiger partial charge in [-0.1, -0.05) is 18.2 Å². The minimum Gasteiger partial charge on any atom is -0.378 e. The van der Waals surface area contributed by atoms with Gasteiger partial charge in [0.25, 0.3) is 5.91 Å². The number of carbonyl (C=O) groups is 1. The molecule has 2 saturated heterocycles. The number of carbonyl (C=O) groups excluding carboxylic acids is 1. The van der Waals surface area contributed by atoms with E-state index < -0.39 is 0 Å². The van der Waals surface area contributed by atoms with Crippen molar-refractivity contribution in [2.24, 2.45) is 0 Å². The molecule has 0 N–H and O–H groups in total. The van der Waals surface area contributed by atoms with Gasteiger partial charge in [0.05, 0.1) is 30.3 Å². The predicted octanol–water partition coefficient (Wildman–Crippen LogP) is 2.64. The minimum atomic E-state index is -0.212. The van der Waals surface area contributed by atoms with Gasteiger partial charge in [0.1, 0.15) is 5.60 Å². The van der Waals surface area contributed by atoms with Crippen LogP contribution in [0.5, 0.6) is 0 Å². The Morgan fingerprint density at radius 2 is 2.21 bits per heavy atom. The second kappa shape index (κ2) is 6.15. The van der Waals surface area contributed by atoms with Crippen molar-refractivity contribution < 1.29 is 14.3 Å². The van der Waals surface area contributed by atoms with Crippen molar-refractivity contribution in [1.29, 1.82) is 0 Å². The normalized spacial score (nSPS) is 22.5. The number of pyridine rings is 1. The number of aromatic nitrogens is 1. The van der Waals surface area contributed by atoms with Crippen LogP contribution >= 0.6 is 0 Å². The smallest absolute Gasteiger partial charge is 0.254 e. The molecule has 3 heterocycles. The van der Waals surface area contributed by atoms with Crippen LogP contribution in [0, 0.1) is 0 Å². The summed E-state index contributed by atoms with van der Waals surface area (Å²) in [5.74, 6) is 0.0568. The van der Waals surface area contributed by atoms with Gasteiger partial charge in [-0.2, -0.15) is 0 Å². The summed E-state index contributed by atoms with van der Waals surface area (Å²) in [6.45, 7) is 4.75. The minimum absolute atomic E-state index is 0.0568. The van der Waals surface area contributed by atoms with E-state index in [4.69, 9.17) is 9.47 Å². The SMILES string of the molecule is CCO[C@H]1CCOC2(C1)CN(C(=O)c1ccnc3ccccc13)C2. The van der Waals surface area contributed by atoms with Crippen molar-refractivity contribution in [3.63, 3.8) is 0 Å². The molecule has 5 heteroatoms. The molecule has 2 aliphatic heterocycles. The van der Waals surface area contributed by atoms with Crippen LogP contribution < -0.4 is 0 Å². The fourth-order valence-corrected chi connectivity index (χ4v) is 3.83. The van der Waals surface area contributed by atoms with Gasteiger partial charge in [0.2, 0.25) is 0 Å². The third kappa shape index (κ3) is 2.68. The highest BCUT2D eigenvalue weighted by Gasteiger charge is 2.49. The summed E-state index contributed by atoms with van der Waals surface area (Å²) in [4.78, 5) is 19.1. The second-order valence-electron chi connectivity index (χ2n) is 6.64. The summed E-state index contributed by atoms with van der Waals surface area (Å²) in [7, 11) is 0. The maximum absolute atomic E-state index is 12.9. The van der Waals surface area contributed by atoms with E-state index in [0.29, 0.717) is 25.3 Å². The first kappa shape index (κ1) is 15.5. The number of para-hydroxylation sites is 1. The number of amides is 1. The maximum Gasteiger partial charge on any atom is 0.254 e. The number of fused-ring (bicyclic) bond motifs is 1. The Hall–Kier alpha value is -1.98. The highest BCUT2D eigenvalue weighted by atomic mass is 16.5. The van der Waals surface area contributed by atoms with Crippen molar-refractivity contribution in [1.82, 2.24) is 9.88 Å². The molecule has 24 heavy (non-hydrogen) atoms. The number of ether oxygens (including phenoxy) is 2. The fraction of sp³-hybridized carbons (Fsp3) is 0.474. The average molecular weight is 326 g/mol. The first-order valence-corrected chi connectivity index (χ1v) is 8.59. The van der Waals surface area contributed by atoms with E-state index in [-0.39, 0.29) is 17.6 Å². The molecule has 2 aliphatic rings. The van der Waals surface area contributed by atoms with Gasteiger partial charge >= 0.3 is 0 Å². The van der Waals surface area contributed by atoms with E-state index in [0.717, 1.165) is 30.4 Å². The Morgan fingerprint density at radius 1 is 1.38 bits per heavy atom. The first-order chi connectivity index (χ1) is 11.7. The summed E-state index contributed by atoms with van der Waals surface area (Å²) in [5, 5.41) is 0.905. The van der Waals surface area contributed by atoms with Crippen molar-refractivity contribution in [2.45, 2.75) is 31.5 Å². The van der Waals surface area contributed by atoms with Crippen LogP contribution in [0.3, 0.4) is 0 Å². The van der Waals surface area contributed by atoms with Gasteiger partial charge < -0.3 is 14.4 Å². The Balaban J connectivity index is 1.49. The van der Waals surface area contributed by atoms with Crippen molar-refractivity contribution in [2.75, 3.05) is 26.3 Å². The molecule has 0 radical (unpaired) electrons. The molecule has 0 saturated carbocycles. The predicted molar refractivity (Wildman–Crippen MR) is 91.0 cm³/mol. The Morgan fingerprint density at radius 3 is 3.04 bits per heavy atom. The average Bonchev–Trinajstić information content (AvgIpc) is 2.59. The third-order valence-electron chi connectivity index (χ3n) is 4.97. The van der Waals surface area contributed by atoms with E-state index >= 15 is 0 Å². The third-order valence-corrected chi connectivity index (χ3v) is 4.97. The zero-order valence-corrected chi connectivity index (χ0v) is 13.9. The Kier molecular flexibility index (Phi) is 3.98. The molecule has 1 aromatic carbocycles. The lowest BCUT2D eigenvalue weighted by Crippen LogP contribution is -2.67. The van der Waals surface area contributed by atoms with E-state index in [9.17, 15) is 4.79 Å². The largest absolute Gasteiger partial charge is 0.378 e. The van der Waals surface area contributed by atoms with Crippen LogP contribution in [0.4, 0.5) is 0 Å². The van der Waals surface area contributed by atoms with E-state index in [1.54, 1.807) is 12.3 Å². The molecule has 2 aromatic rings. The van der Waals surface area contributed by atoms with Crippen molar-refractivity contribution in [3.8, 4) is 0 Å². The highest BCUT2D eigenvalue weighted by Crippen LogP contribution is 2.36. The van der Waals surface area contributed by atoms with Gasteiger partial charge in [-0.05, 0) is 25.5 Å². The number of rotatable bonds is 3. The monoisotopic (exact) mass is 326 g/mol. The molecule has 1 atom stereocenters. The summed E-state index contributed by atoms with van der Waals surface area (Å²) in [6, 6.07) is 9.57. The Labute approximate surface area is 141 Å². The molecular formula is C19H22N2O3. The number of hydrogen-bond donors (Lipinski definition) is 0. The second-order valence-corrected chi connectivity index (χ2v) is 6.64. The zero-order valence-electron chi connectivity index (χ0n) is 13.9. The molecule has 0 unspecified atom stereocenters. The quantitative estimate of drug-likeness (QED) is 0.870. The Bertz CT molecular complexity index is 748. The molecule has 0 aliphatic carbocycles. The van der Waals surface area contributed by atoms with E-state index in [1.807, 2.05) is 36.1 Å². The van der Waals surface area contributed by atoms with Gasteiger partial charge in [-0.3, -0.25) is 9.78 Å². The van der Waals surface area contributed by atoms with Crippen molar-refractivity contribution in [3.05, 3.63) is 42.1 Å². The molecule has 2 fully saturated rings. The number of nitrogens with zero attached hydrogens (tertiary/aromatic N) is 2. The van der Waals surface area contributed by atoms with Crippen LogP contribution in [0.15, 0.2) is 36.5 Å². The van der Waals surface area contributed by atoms with Crippen LogP contribution in [-0.2, 0) is 9.47 Å². The topological polar surface area (TPSA) is 51.7 Å². The lowest BCUT2D eigenvalue weighted by atomic mass is 9.84. The summed E-state index contributed by atoms with van der Waals surface area (Å²) >= 11 is 0. The first-order valence-electron chi connectivity index (χ1n) is 8.59. The van der Waals surface area contributed by atoms with E-state index in [1.165, 1.54) is 0 Å². The zero-order chi connectivity index (χ0) is 16.6. The van der Waals surface area contributed by atoms with Crippen LogP contribution in [0.25, 0.3) is 10.9 Å². The van der Waals surface area contributed by atoms with Crippen LogP contribution in [0.1, 0.15) is 30.1 Å². The van der Waals surface area contributed by atoms with Crippen LogP contribution in [0.2, 0.25) is 0 Å². The van der Waals surface area contributed by atoms with Crippen LogP contribution in [-0.4, -0.2) is 53.8 Å². The van der Waals surface area contributed by atoms with Gasteiger partial charge in [0, 0.05) is 31.2 Å². The number of likely N-dealkylation sites (tertiary alicyclic amines) is 1. The molecule has 1 spiro atoms.